The molecule has 8 nitrogen and oxygen atoms in total. The van der Waals surface area contributed by atoms with Gasteiger partial charge in [-0.2, -0.15) is 5.10 Å². The van der Waals surface area contributed by atoms with Gasteiger partial charge in [-0.3, -0.25) is 18.8 Å². The smallest absolute Gasteiger partial charge is 0.317 e. The van der Waals surface area contributed by atoms with E-state index in [0.29, 0.717) is 15.1 Å². The van der Waals surface area contributed by atoms with E-state index in [9.17, 15) is 9.59 Å². The first kappa shape index (κ1) is 19.7. The third kappa shape index (κ3) is 2.87. The highest BCUT2D eigenvalue weighted by Crippen LogP contribution is 2.47. The lowest BCUT2D eigenvalue weighted by Gasteiger charge is -2.44. The Morgan fingerprint density at radius 2 is 2.16 bits per heavy atom. The fraction of sp³-hybridized carbons (Fsp3) is 0.364. The van der Waals surface area contributed by atoms with Crippen molar-refractivity contribution in [1.82, 2.24) is 14.3 Å². The van der Waals surface area contributed by atoms with Gasteiger partial charge in [-0.05, 0) is 32.9 Å². The highest BCUT2D eigenvalue weighted by Gasteiger charge is 2.55. The first-order chi connectivity index (χ1) is 14.8. The molecule has 0 unspecified atom stereocenters. The second-order valence-electron chi connectivity index (χ2n) is 7.86. The molecule has 0 amide bonds. The summed E-state index contributed by atoms with van der Waals surface area (Å²) < 4.78 is 15.5. The van der Waals surface area contributed by atoms with Crippen LogP contribution in [0.5, 0.6) is 5.75 Å². The first-order valence-electron chi connectivity index (χ1n) is 10.1. The van der Waals surface area contributed by atoms with Crippen LogP contribution in [0, 0.1) is 12.8 Å². The van der Waals surface area contributed by atoms with Gasteiger partial charge in [-0.15, -0.1) is 0 Å². The molecule has 3 atom stereocenters. The molecule has 0 N–H and O–H groups in total. The molecular formula is C22H22N4O4S. The number of esters is 1. The molecule has 9 heteroatoms. The monoisotopic (exact) mass is 438 g/mol. The third-order valence-electron chi connectivity index (χ3n) is 5.98. The van der Waals surface area contributed by atoms with Crippen molar-refractivity contribution in [2.75, 3.05) is 6.61 Å². The maximum absolute atomic E-state index is 13.5. The quantitative estimate of drug-likeness (QED) is 0.575. The molecule has 0 saturated carbocycles. The maximum atomic E-state index is 13.5. The zero-order valence-corrected chi connectivity index (χ0v) is 18.5. The second-order valence-corrected chi connectivity index (χ2v) is 8.87. The minimum Gasteiger partial charge on any atom is -0.466 e. The van der Waals surface area contributed by atoms with Gasteiger partial charge in [0.25, 0.3) is 5.56 Å². The molecule has 31 heavy (non-hydrogen) atoms. The second kappa shape index (κ2) is 6.91. The molecule has 0 spiro atoms. The number of nitrogens with zero attached hydrogens (tertiary/aromatic N) is 4. The van der Waals surface area contributed by atoms with E-state index in [-0.39, 0.29) is 12.2 Å². The largest absolute Gasteiger partial charge is 0.466 e. The van der Waals surface area contributed by atoms with Crippen LogP contribution in [0.1, 0.15) is 36.7 Å². The van der Waals surface area contributed by atoms with Crippen LogP contribution in [0.15, 0.2) is 40.2 Å². The summed E-state index contributed by atoms with van der Waals surface area (Å²) in [6.07, 6.45) is 3.56. The Morgan fingerprint density at radius 1 is 1.39 bits per heavy atom. The molecule has 2 aliphatic heterocycles. The molecule has 0 fully saturated rings. The van der Waals surface area contributed by atoms with Crippen molar-refractivity contribution >= 4 is 23.4 Å². The molecule has 0 aliphatic carbocycles. The fourth-order valence-electron chi connectivity index (χ4n) is 4.33. The number of hydrogen-bond donors (Lipinski definition) is 0. The predicted molar refractivity (Wildman–Crippen MR) is 115 cm³/mol. The van der Waals surface area contributed by atoms with E-state index in [1.165, 1.54) is 11.3 Å². The standard InChI is InChI=1S/C22H22N4O4S/c1-5-29-20(28)17-18-14-8-6-7-9-15(14)30-22(17,3)24-21-26(18)19(27)16(31-21)10-13-11-23-25(4)12(13)2/h6-11,17-18H,5H2,1-4H3/b16-10+/t17-,18+,22-/m0/s1. The molecule has 0 radical (unpaired) electrons. The predicted octanol–water partition coefficient (Wildman–Crippen LogP) is 1.29. The minimum atomic E-state index is -1.16. The highest BCUT2D eigenvalue weighted by molar-refractivity contribution is 7.07. The van der Waals surface area contributed by atoms with Crippen LogP contribution >= 0.6 is 11.3 Å². The number of fused-ring (bicyclic) bond motifs is 6. The van der Waals surface area contributed by atoms with E-state index in [1.54, 1.807) is 29.3 Å². The van der Waals surface area contributed by atoms with Gasteiger partial charge in [-0.1, -0.05) is 29.5 Å². The Labute approximate surface area is 182 Å². The van der Waals surface area contributed by atoms with E-state index >= 15 is 0 Å². The highest BCUT2D eigenvalue weighted by atomic mass is 32.1. The Bertz CT molecular complexity index is 1390. The Hall–Kier alpha value is -3.20. The van der Waals surface area contributed by atoms with Crippen LogP contribution in [0.4, 0.5) is 0 Å². The summed E-state index contributed by atoms with van der Waals surface area (Å²) in [4.78, 5) is 31.8. The molecule has 1 aromatic carbocycles. The van der Waals surface area contributed by atoms with Gasteiger partial charge >= 0.3 is 5.97 Å². The van der Waals surface area contributed by atoms with E-state index in [4.69, 9.17) is 14.5 Å². The van der Waals surface area contributed by atoms with Gasteiger partial charge in [0.2, 0.25) is 5.72 Å². The van der Waals surface area contributed by atoms with Crippen LogP contribution in [-0.4, -0.2) is 32.6 Å². The van der Waals surface area contributed by atoms with E-state index in [2.05, 4.69) is 5.10 Å². The Morgan fingerprint density at radius 3 is 2.87 bits per heavy atom. The number of thiazole rings is 1. The van der Waals surface area contributed by atoms with Crippen molar-refractivity contribution in [3.05, 3.63) is 67.0 Å². The molecule has 5 rings (SSSR count). The van der Waals surface area contributed by atoms with Crippen molar-refractivity contribution in [3.63, 3.8) is 0 Å². The fourth-order valence-corrected chi connectivity index (χ4v) is 5.42. The van der Waals surface area contributed by atoms with E-state index < -0.39 is 23.7 Å². The number of benzene rings is 1. The SMILES string of the molecule is CCOC(=O)[C@@H]1[C@H]2c3ccccc3O[C@]1(C)N=c1s/c(=C/c3cnn(C)c3C)c(=O)n12. The molecule has 2 bridgehead atoms. The van der Waals surface area contributed by atoms with Crippen molar-refractivity contribution < 1.29 is 14.3 Å². The number of carbonyl (C=O) groups is 1. The van der Waals surface area contributed by atoms with Crippen molar-refractivity contribution in [1.29, 1.82) is 0 Å². The minimum absolute atomic E-state index is 0.190. The zero-order chi connectivity index (χ0) is 21.9. The number of aryl methyl sites for hydroxylation is 1. The van der Waals surface area contributed by atoms with Crippen LogP contribution < -0.4 is 19.6 Å². The molecule has 4 heterocycles. The topological polar surface area (TPSA) is 87.7 Å². The Kier molecular flexibility index (Phi) is 4.40. The zero-order valence-electron chi connectivity index (χ0n) is 17.7. The maximum Gasteiger partial charge on any atom is 0.317 e. The summed E-state index contributed by atoms with van der Waals surface area (Å²) in [7, 11) is 1.86. The normalized spacial score (nSPS) is 24.1. The van der Waals surface area contributed by atoms with Crippen molar-refractivity contribution in [2.24, 2.45) is 18.0 Å². The van der Waals surface area contributed by atoms with Crippen LogP contribution in [0.2, 0.25) is 0 Å². The molecule has 3 aromatic rings. The van der Waals surface area contributed by atoms with Gasteiger partial charge in [0.1, 0.15) is 11.7 Å². The molecule has 2 aromatic heterocycles. The lowest BCUT2D eigenvalue weighted by atomic mass is 9.81. The van der Waals surface area contributed by atoms with Gasteiger partial charge in [0.15, 0.2) is 4.80 Å². The van der Waals surface area contributed by atoms with Crippen molar-refractivity contribution in [3.8, 4) is 5.75 Å². The van der Waals surface area contributed by atoms with Crippen LogP contribution in [0.3, 0.4) is 0 Å². The number of hydrogen-bond acceptors (Lipinski definition) is 7. The van der Waals surface area contributed by atoms with Crippen LogP contribution in [-0.2, 0) is 16.6 Å². The average Bonchev–Trinajstić information content (AvgIpc) is 3.20. The third-order valence-corrected chi connectivity index (χ3v) is 6.96. The molecular weight excluding hydrogens is 416 g/mol. The lowest BCUT2D eigenvalue weighted by Crippen LogP contribution is -2.58. The summed E-state index contributed by atoms with van der Waals surface area (Å²) in [5.41, 5.74) is 1.25. The molecule has 0 saturated heterocycles. The van der Waals surface area contributed by atoms with Gasteiger partial charge in [-0.25, -0.2) is 4.99 Å². The number of carbonyl (C=O) groups excluding carboxylic acids is 1. The van der Waals surface area contributed by atoms with Gasteiger partial charge < -0.3 is 9.47 Å². The number of ether oxygens (including phenoxy) is 2. The number of aromatic nitrogens is 3. The van der Waals surface area contributed by atoms with Gasteiger partial charge in [0.05, 0.1) is 23.4 Å². The number of para-hydroxylation sites is 1. The summed E-state index contributed by atoms with van der Waals surface area (Å²) in [6, 6.07) is 6.92. The Balaban J connectivity index is 1.79. The van der Waals surface area contributed by atoms with Gasteiger partial charge in [0, 0.05) is 23.9 Å². The summed E-state index contributed by atoms with van der Waals surface area (Å²) in [6.45, 7) is 5.73. The van der Waals surface area contributed by atoms with Crippen LogP contribution in [0.25, 0.3) is 6.08 Å². The summed E-state index contributed by atoms with van der Waals surface area (Å²) in [5.74, 6) is -0.572. The van der Waals surface area contributed by atoms with E-state index in [1.807, 2.05) is 44.3 Å². The lowest BCUT2D eigenvalue weighted by molar-refractivity contribution is -0.160. The van der Waals surface area contributed by atoms with E-state index in [0.717, 1.165) is 16.8 Å². The summed E-state index contributed by atoms with van der Waals surface area (Å²) >= 11 is 1.29. The first-order valence-corrected chi connectivity index (χ1v) is 10.9. The molecule has 160 valence electrons. The van der Waals surface area contributed by atoms with Crippen molar-refractivity contribution in [2.45, 2.75) is 32.5 Å². The molecule has 2 aliphatic rings. The number of rotatable bonds is 3. The average molecular weight is 439 g/mol. The summed E-state index contributed by atoms with van der Waals surface area (Å²) in [5, 5.41) is 4.25.